The minimum atomic E-state index is -0.656. The van der Waals surface area contributed by atoms with Crippen molar-refractivity contribution in [2.45, 2.75) is 20.0 Å². The number of ether oxygens (including phenoxy) is 2. The van der Waals surface area contributed by atoms with Gasteiger partial charge in [-0.1, -0.05) is 12.1 Å². The molecule has 0 atom stereocenters. The van der Waals surface area contributed by atoms with Gasteiger partial charge in [-0.2, -0.15) is 0 Å². The predicted octanol–water partition coefficient (Wildman–Crippen LogP) is 1.82. The molecule has 0 fully saturated rings. The number of anilines is 1. The van der Waals surface area contributed by atoms with Gasteiger partial charge in [0.1, 0.15) is 12.4 Å². The first-order valence-electron chi connectivity index (χ1n) is 7.14. The number of nitrogens with two attached hydrogens (primary N) is 1. The van der Waals surface area contributed by atoms with Gasteiger partial charge in [0.15, 0.2) is 5.13 Å². The van der Waals surface area contributed by atoms with Crippen molar-refractivity contribution in [3.05, 3.63) is 40.9 Å². The molecule has 8 nitrogen and oxygen atoms in total. The minimum absolute atomic E-state index is 0.152. The lowest BCUT2D eigenvalue weighted by atomic mass is 10.1. The first-order chi connectivity index (χ1) is 11.6. The van der Waals surface area contributed by atoms with Crippen molar-refractivity contribution in [3.63, 3.8) is 0 Å². The van der Waals surface area contributed by atoms with E-state index >= 15 is 0 Å². The van der Waals surface area contributed by atoms with Crippen LogP contribution in [0.3, 0.4) is 0 Å². The molecule has 128 valence electrons. The van der Waals surface area contributed by atoms with Gasteiger partial charge in [-0.3, -0.25) is 10.2 Å². The third-order valence-electron chi connectivity index (χ3n) is 2.89. The number of nitrogens with one attached hydrogen (secondary N) is 2. The SMILES string of the molecule is CC(=O)Nc1nc(COc2ccc(CCOC(=O)NN)cc2)cs1. The topological polar surface area (TPSA) is 116 Å². The van der Waals surface area contributed by atoms with Crippen LogP contribution in [-0.4, -0.2) is 23.6 Å². The lowest BCUT2D eigenvalue weighted by Crippen LogP contribution is -2.31. The number of hydrogen-bond acceptors (Lipinski definition) is 7. The molecule has 0 saturated carbocycles. The van der Waals surface area contributed by atoms with E-state index in [2.05, 4.69) is 10.3 Å². The van der Waals surface area contributed by atoms with Crippen molar-refractivity contribution in [1.82, 2.24) is 10.4 Å². The summed E-state index contributed by atoms with van der Waals surface area (Å²) in [6, 6.07) is 7.45. The summed E-state index contributed by atoms with van der Waals surface area (Å²) >= 11 is 1.35. The van der Waals surface area contributed by atoms with E-state index < -0.39 is 6.09 Å². The number of carbonyl (C=O) groups is 2. The van der Waals surface area contributed by atoms with Gasteiger partial charge < -0.3 is 14.8 Å². The van der Waals surface area contributed by atoms with E-state index in [4.69, 9.17) is 15.3 Å². The molecule has 0 aliphatic carbocycles. The molecule has 0 aliphatic rings. The fourth-order valence-electron chi connectivity index (χ4n) is 1.79. The van der Waals surface area contributed by atoms with Gasteiger partial charge in [-0.15, -0.1) is 11.3 Å². The third-order valence-corrected chi connectivity index (χ3v) is 3.69. The standard InChI is InChI=1S/C15H18N4O4S/c1-10(20)17-14-18-12(9-24-14)8-23-13-4-2-11(3-5-13)6-7-22-15(21)19-16/h2-5,9H,6-8,16H2,1H3,(H,19,21)(H,17,18,20). The van der Waals surface area contributed by atoms with Crippen LogP contribution in [0.5, 0.6) is 5.75 Å². The Morgan fingerprint density at radius 1 is 1.29 bits per heavy atom. The highest BCUT2D eigenvalue weighted by molar-refractivity contribution is 7.13. The van der Waals surface area contributed by atoms with Gasteiger partial charge in [0.25, 0.3) is 0 Å². The molecule has 1 aromatic carbocycles. The molecule has 9 heteroatoms. The lowest BCUT2D eigenvalue weighted by Gasteiger charge is -2.06. The molecule has 2 rings (SSSR count). The van der Waals surface area contributed by atoms with E-state index in [-0.39, 0.29) is 12.5 Å². The Labute approximate surface area is 142 Å². The summed E-state index contributed by atoms with van der Waals surface area (Å²) in [5.74, 6) is 5.46. The molecule has 4 N–H and O–H groups in total. The van der Waals surface area contributed by atoms with Crippen LogP contribution in [-0.2, 0) is 22.6 Å². The lowest BCUT2D eigenvalue weighted by molar-refractivity contribution is -0.114. The van der Waals surface area contributed by atoms with E-state index in [1.807, 2.05) is 35.1 Å². The Morgan fingerprint density at radius 2 is 2.04 bits per heavy atom. The number of carbonyl (C=O) groups excluding carboxylic acids is 2. The molecule has 0 aliphatic heterocycles. The molecule has 1 aromatic heterocycles. The second-order valence-corrected chi connectivity index (χ2v) is 5.65. The number of nitrogens with zero attached hydrogens (tertiary/aromatic N) is 1. The highest BCUT2D eigenvalue weighted by Gasteiger charge is 2.05. The van der Waals surface area contributed by atoms with Crippen LogP contribution < -0.4 is 21.3 Å². The quantitative estimate of drug-likeness (QED) is 0.398. The van der Waals surface area contributed by atoms with E-state index in [0.29, 0.717) is 23.9 Å². The average Bonchev–Trinajstić information content (AvgIpc) is 3.00. The van der Waals surface area contributed by atoms with Crippen molar-refractivity contribution >= 4 is 28.5 Å². The number of hydrogen-bond donors (Lipinski definition) is 3. The molecule has 0 saturated heterocycles. The van der Waals surface area contributed by atoms with E-state index in [1.165, 1.54) is 18.3 Å². The number of amides is 2. The summed E-state index contributed by atoms with van der Waals surface area (Å²) < 4.78 is 10.5. The maximum atomic E-state index is 11.0. The van der Waals surface area contributed by atoms with Gasteiger partial charge in [-0.05, 0) is 17.7 Å². The number of thiazole rings is 1. The Bertz CT molecular complexity index is 687. The molecular formula is C15H18N4O4S. The fourth-order valence-corrected chi connectivity index (χ4v) is 2.54. The summed E-state index contributed by atoms with van der Waals surface area (Å²) in [5.41, 5.74) is 3.65. The van der Waals surface area contributed by atoms with Gasteiger partial charge in [-0.25, -0.2) is 15.6 Å². The fraction of sp³-hybridized carbons (Fsp3) is 0.267. The molecule has 2 amide bonds. The second kappa shape index (κ2) is 8.85. The number of rotatable bonds is 7. The largest absolute Gasteiger partial charge is 0.487 e. The highest BCUT2D eigenvalue weighted by Crippen LogP contribution is 2.18. The second-order valence-electron chi connectivity index (χ2n) is 4.79. The number of aromatic nitrogens is 1. The number of hydrazine groups is 1. The van der Waals surface area contributed by atoms with Crippen molar-refractivity contribution in [2.24, 2.45) is 5.84 Å². The summed E-state index contributed by atoms with van der Waals surface area (Å²) in [4.78, 5) is 26.0. The highest BCUT2D eigenvalue weighted by atomic mass is 32.1. The molecule has 1 heterocycles. The summed E-state index contributed by atoms with van der Waals surface area (Å²) in [6.45, 7) is 2.00. The van der Waals surface area contributed by atoms with Crippen LogP contribution in [0.1, 0.15) is 18.2 Å². The minimum Gasteiger partial charge on any atom is -0.487 e. The predicted molar refractivity (Wildman–Crippen MR) is 89.6 cm³/mol. The van der Waals surface area contributed by atoms with Crippen LogP contribution >= 0.6 is 11.3 Å². The number of benzene rings is 1. The molecule has 0 unspecified atom stereocenters. The molecular weight excluding hydrogens is 332 g/mol. The van der Waals surface area contributed by atoms with Gasteiger partial charge in [0.2, 0.25) is 5.91 Å². The van der Waals surface area contributed by atoms with Crippen LogP contribution in [0.15, 0.2) is 29.6 Å². The van der Waals surface area contributed by atoms with Gasteiger partial charge in [0.05, 0.1) is 12.3 Å². The van der Waals surface area contributed by atoms with Crippen molar-refractivity contribution in [1.29, 1.82) is 0 Å². The summed E-state index contributed by atoms with van der Waals surface area (Å²) in [6.07, 6.45) is -0.0725. The maximum absolute atomic E-state index is 11.0. The molecule has 0 radical (unpaired) electrons. The zero-order chi connectivity index (χ0) is 17.4. The zero-order valence-corrected chi connectivity index (χ0v) is 13.9. The van der Waals surface area contributed by atoms with E-state index in [1.54, 1.807) is 0 Å². The smallest absolute Gasteiger partial charge is 0.421 e. The van der Waals surface area contributed by atoms with Crippen LogP contribution in [0.4, 0.5) is 9.93 Å². The Hall–Kier alpha value is -2.65. The van der Waals surface area contributed by atoms with Crippen molar-refractivity contribution in [2.75, 3.05) is 11.9 Å². The van der Waals surface area contributed by atoms with Crippen molar-refractivity contribution < 1.29 is 19.1 Å². The average molecular weight is 350 g/mol. The van der Waals surface area contributed by atoms with E-state index in [9.17, 15) is 9.59 Å². The van der Waals surface area contributed by atoms with Gasteiger partial charge in [0, 0.05) is 18.7 Å². The maximum Gasteiger partial charge on any atom is 0.421 e. The third kappa shape index (κ3) is 5.86. The van der Waals surface area contributed by atoms with Crippen molar-refractivity contribution in [3.8, 4) is 5.75 Å². The van der Waals surface area contributed by atoms with Crippen LogP contribution in [0.2, 0.25) is 0 Å². The molecule has 2 aromatic rings. The Kier molecular flexibility index (Phi) is 6.52. The molecule has 0 bridgehead atoms. The Morgan fingerprint density at radius 3 is 2.71 bits per heavy atom. The monoisotopic (exact) mass is 350 g/mol. The molecule has 24 heavy (non-hydrogen) atoms. The zero-order valence-electron chi connectivity index (χ0n) is 13.1. The van der Waals surface area contributed by atoms with Gasteiger partial charge >= 0.3 is 6.09 Å². The summed E-state index contributed by atoms with van der Waals surface area (Å²) in [7, 11) is 0. The summed E-state index contributed by atoms with van der Waals surface area (Å²) in [5, 5.41) is 5.01. The van der Waals surface area contributed by atoms with Crippen LogP contribution in [0, 0.1) is 0 Å². The normalized spacial score (nSPS) is 10.1. The van der Waals surface area contributed by atoms with Crippen LogP contribution in [0.25, 0.3) is 0 Å². The molecule has 0 spiro atoms. The first-order valence-corrected chi connectivity index (χ1v) is 8.02. The first kappa shape index (κ1) is 17.7. The Balaban J connectivity index is 1.78. The van der Waals surface area contributed by atoms with E-state index in [0.717, 1.165) is 11.3 Å².